The number of hydrogen-bond acceptors (Lipinski definition) is 10. The van der Waals surface area contributed by atoms with E-state index < -0.39 is 57.9 Å². The lowest BCUT2D eigenvalue weighted by molar-refractivity contribution is -0.125. The zero-order valence-electron chi connectivity index (χ0n) is 31.4. The first-order valence-electron chi connectivity index (χ1n) is 18.1. The minimum Gasteiger partial charge on any atom is -0.449 e. The first kappa shape index (κ1) is 44.7. The van der Waals surface area contributed by atoms with Crippen molar-refractivity contribution in [1.82, 2.24) is 10.3 Å². The van der Waals surface area contributed by atoms with E-state index in [-0.39, 0.29) is 62.4 Å². The van der Waals surface area contributed by atoms with Crippen molar-refractivity contribution in [3.63, 3.8) is 0 Å². The number of aromatic nitrogens is 1. The quantitative estimate of drug-likeness (QED) is 0.0473. The van der Waals surface area contributed by atoms with Crippen LogP contribution >= 0.6 is 15.2 Å². The molecule has 0 saturated heterocycles. The molecule has 302 valence electrons. The van der Waals surface area contributed by atoms with Crippen molar-refractivity contribution in [3.8, 4) is 0 Å². The van der Waals surface area contributed by atoms with Crippen LogP contribution in [0.5, 0.6) is 0 Å². The molecule has 2 heterocycles. The van der Waals surface area contributed by atoms with Crippen LogP contribution in [0.2, 0.25) is 0 Å². The predicted molar refractivity (Wildman–Crippen MR) is 206 cm³/mol. The van der Waals surface area contributed by atoms with E-state index in [1.807, 2.05) is 44.2 Å². The topological polar surface area (TPSA) is 239 Å². The standard InChI is InChI=1S/C37H48BN3O13P2/c1-25(2)18-34(40-36(44)28(19-26-10-5-4-6-11-26)21-33(43)32-13-7-8-16-39-32)38-53-23-27-14-15-30(20-29(27)24-54-38)41(3)37(45)52-17-9-12-31(42)22-35(55(46,47)48)56(49,50)51/h4-8,10-11,13-16,20,25,28,34-35H,9,12,17-19,21-24H2,1-3H3,(H,40,44)(H2,46,47,48)(H2,49,50,51)/t28-,34+/m1/s1. The number of anilines is 1. The van der Waals surface area contributed by atoms with Gasteiger partial charge in [-0.2, -0.15) is 0 Å². The molecule has 16 nitrogen and oxygen atoms in total. The highest BCUT2D eigenvalue weighted by Gasteiger charge is 2.44. The van der Waals surface area contributed by atoms with E-state index >= 15 is 0 Å². The summed E-state index contributed by atoms with van der Waals surface area (Å²) in [6.45, 7) is 4.05. The largest absolute Gasteiger partial charge is 0.481 e. The van der Waals surface area contributed by atoms with Gasteiger partial charge in [-0.1, -0.05) is 56.3 Å². The number of hydrogen-bond donors (Lipinski definition) is 5. The first-order chi connectivity index (χ1) is 26.4. The SMILES string of the molecule is CC(C)C[C@H](NC(=O)[C@@H](CC(=O)c1ccccn1)Cc1ccccc1)B1OCc2ccc(N(C)C(=O)OCCCC(=O)CC(P(=O)(O)O)P(=O)(O)O)cc2CO1. The van der Waals surface area contributed by atoms with Gasteiger partial charge in [0.2, 0.25) is 5.91 Å². The van der Waals surface area contributed by atoms with E-state index in [0.29, 0.717) is 18.5 Å². The van der Waals surface area contributed by atoms with E-state index in [2.05, 4.69) is 10.3 Å². The summed E-state index contributed by atoms with van der Waals surface area (Å²) >= 11 is 0. The van der Waals surface area contributed by atoms with E-state index in [1.165, 1.54) is 18.1 Å². The molecular formula is C37H48BN3O13P2. The zero-order chi connectivity index (χ0) is 41.0. The van der Waals surface area contributed by atoms with Crippen molar-refractivity contribution in [1.29, 1.82) is 0 Å². The molecule has 0 radical (unpaired) electrons. The molecule has 0 saturated carbocycles. The van der Waals surface area contributed by atoms with Gasteiger partial charge in [-0.25, -0.2) is 4.79 Å². The Morgan fingerprint density at radius 3 is 2.20 bits per heavy atom. The van der Waals surface area contributed by atoms with Gasteiger partial charge in [0, 0.05) is 44.1 Å². The fraction of sp³-hybridized carbons (Fsp3) is 0.432. The molecule has 4 rings (SSSR count). The summed E-state index contributed by atoms with van der Waals surface area (Å²) in [5.41, 5.74) is 3.20. The van der Waals surface area contributed by atoms with Gasteiger partial charge in [0.1, 0.15) is 11.5 Å². The molecule has 2 amide bonds. The molecule has 56 heavy (non-hydrogen) atoms. The number of nitrogens with one attached hydrogen (secondary N) is 1. The number of carbonyl (C=O) groups excluding carboxylic acids is 4. The molecule has 5 N–H and O–H groups in total. The Kier molecular flexibility index (Phi) is 16.3. The Morgan fingerprint density at radius 1 is 0.911 bits per heavy atom. The second-order valence-corrected chi connectivity index (χ2v) is 18.1. The lowest BCUT2D eigenvalue weighted by atomic mass is 9.73. The molecular weight excluding hydrogens is 767 g/mol. The molecule has 0 fully saturated rings. The van der Waals surface area contributed by atoms with Crippen LogP contribution in [0.25, 0.3) is 0 Å². The number of benzene rings is 2. The minimum absolute atomic E-state index is 0.0359. The number of Topliss-reactive ketones (excluding diaryl/α,β-unsaturated/α-hetero) is 2. The number of carbonyl (C=O) groups is 4. The Bertz CT molecular complexity index is 1890. The first-order valence-corrected chi connectivity index (χ1v) is 21.4. The Labute approximate surface area is 325 Å². The van der Waals surface area contributed by atoms with Crippen molar-refractivity contribution >= 4 is 51.6 Å². The highest BCUT2D eigenvalue weighted by atomic mass is 31.2. The smallest absolute Gasteiger partial charge is 0.449 e. The third kappa shape index (κ3) is 13.6. The van der Waals surface area contributed by atoms with Gasteiger partial charge in [0.05, 0.1) is 25.8 Å². The number of fused-ring (bicyclic) bond motifs is 1. The highest BCUT2D eigenvalue weighted by Crippen LogP contribution is 2.61. The minimum atomic E-state index is -5.23. The molecule has 0 unspecified atom stereocenters. The van der Waals surface area contributed by atoms with Crippen molar-refractivity contribution in [2.45, 2.75) is 76.9 Å². The monoisotopic (exact) mass is 815 g/mol. The summed E-state index contributed by atoms with van der Waals surface area (Å²) in [5, 5.41) is 0.702. The molecule has 19 heteroatoms. The Balaban J connectivity index is 1.36. The second-order valence-electron chi connectivity index (χ2n) is 14.1. The average molecular weight is 816 g/mol. The van der Waals surface area contributed by atoms with Gasteiger partial charge in [-0.15, -0.1) is 0 Å². The predicted octanol–water partition coefficient (Wildman–Crippen LogP) is 4.81. The van der Waals surface area contributed by atoms with Gasteiger partial charge in [-0.3, -0.25) is 33.4 Å². The van der Waals surface area contributed by atoms with Crippen LogP contribution in [-0.2, 0) is 52.4 Å². The molecule has 0 aliphatic carbocycles. The lowest BCUT2D eigenvalue weighted by Gasteiger charge is -2.27. The molecule has 1 aliphatic rings. The van der Waals surface area contributed by atoms with Crippen LogP contribution < -0.4 is 10.2 Å². The molecule has 3 aromatic rings. The average Bonchev–Trinajstić information content (AvgIpc) is 3.36. The summed E-state index contributed by atoms with van der Waals surface area (Å²) in [6.07, 6.45) is 0.239. The van der Waals surface area contributed by atoms with Crippen LogP contribution in [0, 0.1) is 11.8 Å². The van der Waals surface area contributed by atoms with Crippen LogP contribution in [0.4, 0.5) is 10.5 Å². The number of amides is 2. The fourth-order valence-corrected chi connectivity index (χ4v) is 8.60. The maximum absolute atomic E-state index is 14.0. The Hall–Kier alpha value is -4.05. The van der Waals surface area contributed by atoms with E-state index in [1.54, 1.807) is 36.4 Å². The molecule has 2 atom stereocenters. The number of ketones is 2. The van der Waals surface area contributed by atoms with Crippen LogP contribution in [-0.4, -0.2) is 80.2 Å². The fourth-order valence-electron chi connectivity index (χ4n) is 6.15. The maximum Gasteiger partial charge on any atom is 0.481 e. The molecule has 1 aliphatic heterocycles. The third-order valence-electron chi connectivity index (χ3n) is 9.13. The van der Waals surface area contributed by atoms with Gasteiger partial charge in [-0.05, 0) is 66.1 Å². The van der Waals surface area contributed by atoms with Crippen LogP contribution in [0.3, 0.4) is 0 Å². The van der Waals surface area contributed by atoms with Gasteiger partial charge in [0.25, 0.3) is 0 Å². The molecule has 0 spiro atoms. The summed E-state index contributed by atoms with van der Waals surface area (Å²) in [4.78, 5) is 94.5. The van der Waals surface area contributed by atoms with E-state index in [9.17, 15) is 47.9 Å². The zero-order valence-corrected chi connectivity index (χ0v) is 33.2. The van der Waals surface area contributed by atoms with Crippen molar-refractivity contribution in [3.05, 3.63) is 95.3 Å². The highest BCUT2D eigenvalue weighted by molar-refractivity contribution is 7.70. The van der Waals surface area contributed by atoms with E-state index in [0.717, 1.165) is 16.7 Å². The van der Waals surface area contributed by atoms with Gasteiger partial charge in [0.15, 0.2) is 11.2 Å². The lowest BCUT2D eigenvalue weighted by Crippen LogP contribution is -2.51. The summed E-state index contributed by atoms with van der Waals surface area (Å²) < 4.78 is 40.6. The van der Waals surface area contributed by atoms with Gasteiger partial charge >= 0.3 is 28.4 Å². The third-order valence-corrected chi connectivity index (χ3v) is 12.9. The summed E-state index contributed by atoms with van der Waals surface area (Å²) in [6, 6.07) is 19.8. The summed E-state index contributed by atoms with van der Waals surface area (Å²) in [7, 11) is -9.82. The Morgan fingerprint density at radius 2 is 1.57 bits per heavy atom. The number of nitrogens with zero attached hydrogens (tertiary/aromatic N) is 2. The van der Waals surface area contributed by atoms with Crippen LogP contribution in [0.15, 0.2) is 72.9 Å². The molecule has 2 aromatic carbocycles. The van der Waals surface area contributed by atoms with Crippen molar-refractivity contribution < 1.29 is 61.9 Å². The van der Waals surface area contributed by atoms with E-state index in [4.69, 9.17) is 14.0 Å². The molecule has 1 aromatic heterocycles. The van der Waals surface area contributed by atoms with Gasteiger partial charge < -0.3 is 38.9 Å². The second kappa shape index (κ2) is 20.4. The maximum atomic E-state index is 14.0. The van der Waals surface area contributed by atoms with Crippen molar-refractivity contribution in [2.75, 3.05) is 18.6 Å². The normalized spacial score (nSPS) is 14.4. The number of pyridine rings is 1. The number of ether oxygens (including phenoxy) is 1. The van der Waals surface area contributed by atoms with Crippen LogP contribution in [0.1, 0.15) is 73.1 Å². The number of rotatable bonds is 19. The van der Waals surface area contributed by atoms with Crippen molar-refractivity contribution in [2.24, 2.45) is 11.8 Å². The molecule has 0 bridgehead atoms. The summed E-state index contributed by atoms with van der Waals surface area (Å²) in [5.74, 6) is -2.43.